The van der Waals surface area contributed by atoms with Crippen LogP contribution in [-0.4, -0.2) is 96.7 Å². The molecule has 0 rings (SSSR count). The Morgan fingerprint density at radius 1 is 0.279 bits per heavy atom. The van der Waals surface area contributed by atoms with Crippen LogP contribution in [0.15, 0.2) is 146 Å². The molecule has 0 aromatic rings. The van der Waals surface area contributed by atoms with Crippen molar-refractivity contribution in [1.82, 2.24) is 0 Å². The van der Waals surface area contributed by atoms with Gasteiger partial charge in [-0.1, -0.05) is 270 Å². The first-order chi connectivity index (χ1) is 50.7. The number of esters is 4. The first kappa shape index (κ1) is 98.9. The largest absolute Gasteiger partial charge is 0.472 e. The number of carbonyl (C=O) groups is 4. The number of aliphatic hydroxyl groups is 1. The Hall–Kier alpha value is -5.06. The number of allylic oxidation sites excluding steroid dienone is 24. The van der Waals surface area contributed by atoms with E-state index in [0.29, 0.717) is 38.5 Å². The molecule has 17 nitrogen and oxygen atoms in total. The fourth-order valence-corrected chi connectivity index (χ4v) is 11.7. The molecule has 0 aromatic carbocycles. The number of phosphoric acid groups is 2. The van der Waals surface area contributed by atoms with Crippen LogP contribution in [0.1, 0.15) is 310 Å². The number of hydrogen-bond donors (Lipinski definition) is 3. The van der Waals surface area contributed by atoms with E-state index in [-0.39, 0.29) is 25.7 Å². The van der Waals surface area contributed by atoms with Gasteiger partial charge in [0.15, 0.2) is 12.2 Å². The van der Waals surface area contributed by atoms with Gasteiger partial charge in [0.05, 0.1) is 26.4 Å². The molecule has 19 heteroatoms. The third kappa shape index (κ3) is 75.2. The average Bonchev–Trinajstić information content (AvgIpc) is 0.909. The van der Waals surface area contributed by atoms with Crippen molar-refractivity contribution in [3.8, 4) is 0 Å². The molecule has 5 atom stereocenters. The van der Waals surface area contributed by atoms with Crippen molar-refractivity contribution in [3.63, 3.8) is 0 Å². The smallest absolute Gasteiger partial charge is 0.462 e. The topological polar surface area (TPSA) is 237 Å². The van der Waals surface area contributed by atoms with Crippen molar-refractivity contribution < 1.29 is 80.2 Å². The molecular weight excluding hydrogens is 1350 g/mol. The lowest BCUT2D eigenvalue weighted by Crippen LogP contribution is -2.30. The predicted octanol–water partition coefficient (Wildman–Crippen LogP) is 23.4. The monoisotopic (exact) mass is 1500 g/mol. The maximum absolute atomic E-state index is 13.1. The van der Waals surface area contributed by atoms with Crippen LogP contribution in [0, 0.1) is 0 Å². The highest BCUT2D eigenvalue weighted by Gasteiger charge is 2.30. The van der Waals surface area contributed by atoms with E-state index < -0.39 is 97.5 Å². The van der Waals surface area contributed by atoms with Gasteiger partial charge in [-0.25, -0.2) is 9.13 Å². The fraction of sp³-hybridized carbons (Fsp3) is 0.671. The molecule has 0 amide bonds. The molecule has 0 spiro atoms. The molecule has 104 heavy (non-hydrogen) atoms. The second-order valence-electron chi connectivity index (χ2n) is 26.3. The molecular formula is C85H142O17P2. The second kappa shape index (κ2) is 76.1. The number of ether oxygens (including phenoxy) is 4. The molecule has 0 fully saturated rings. The van der Waals surface area contributed by atoms with Gasteiger partial charge in [0.25, 0.3) is 0 Å². The van der Waals surface area contributed by atoms with Crippen molar-refractivity contribution in [3.05, 3.63) is 146 Å². The third-order valence-electron chi connectivity index (χ3n) is 16.3. The number of hydrogen-bond acceptors (Lipinski definition) is 15. The number of phosphoric ester groups is 2. The molecule has 3 N–H and O–H groups in total. The highest BCUT2D eigenvalue weighted by Crippen LogP contribution is 2.45. The van der Waals surface area contributed by atoms with Crippen molar-refractivity contribution in [2.45, 2.75) is 329 Å². The Labute approximate surface area is 630 Å². The lowest BCUT2D eigenvalue weighted by molar-refractivity contribution is -0.161. The average molecular weight is 1500 g/mol. The van der Waals surface area contributed by atoms with E-state index in [2.05, 4.69) is 149 Å². The minimum Gasteiger partial charge on any atom is -0.462 e. The van der Waals surface area contributed by atoms with Crippen LogP contribution in [0.4, 0.5) is 0 Å². The Morgan fingerprint density at radius 2 is 0.510 bits per heavy atom. The summed E-state index contributed by atoms with van der Waals surface area (Å²) in [6.07, 6.45) is 86.9. The normalized spacial score (nSPS) is 14.6. The third-order valence-corrected chi connectivity index (χ3v) is 18.2. The molecule has 0 saturated heterocycles. The summed E-state index contributed by atoms with van der Waals surface area (Å²) in [4.78, 5) is 73.0. The summed E-state index contributed by atoms with van der Waals surface area (Å²) in [6, 6.07) is 0. The number of aliphatic hydroxyl groups excluding tert-OH is 1. The zero-order chi connectivity index (χ0) is 76.0. The van der Waals surface area contributed by atoms with Crippen LogP contribution < -0.4 is 0 Å². The Kier molecular flexibility index (Phi) is 72.4. The maximum atomic E-state index is 13.1. The predicted molar refractivity (Wildman–Crippen MR) is 427 cm³/mol. The summed E-state index contributed by atoms with van der Waals surface area (Å²) in [7, 11) is -10.0. The summed E-state index contributed by atoms with van der Waals surface area (Å²) in [5.74, 6) is -2.34. The van der Waals surface area contributed by atoms with Crippen molar-refractivity contribution in [1.29, 1.82) is 0 Å². The molecule has 0 radical (unpaired) electrons. The quantitative estimate of drug-likeness (QED) is 0.0128. The minimum atomic E-state index is -5.00. The number of unbranched alkanes of at least 4 members (excludes halogenated alkanes) is 25. The molecule has 594 valence electrons. The van der Waals surface area contributed by atoms with E-state index in [1.807, 2.05) is 24.3 Å². The highest BCUT2D eigenvalue weighted by atomic mass is 31.2. The van der Waals surface area contributed by atoms with Crippen LogP contribution in [-0.2, 0) is 65.4 Å². The van der Waals surface area contributed by atoms with E-state index in [4.69, 9.17) is 37.0 Å². The Morgan fingerprint density at radius 3 is 0.846 bits per heavy atom. The van der Waals surface area contributed by atoms with Crippen molar-refractivity contribution >= 4 is 39.5 Å². The van der Waals surface area contributed by atoms with Gasteiger partial charge < -0.3 is 33.8 Å². The summed E-state index contributed by atoms with van der Waals surface area (Å²) < 4.78 is 68.5. The molecule has 0 aromatic heterocycles. The van der Waals surface area contributed by atoms with Crippen LogP contribution in [0.25, 0.3) is 0 Å². The highest BCUT2D eigenvalue weighted by molar-refractivity contribution is 7.47. The zero-order valence-electron chi connectivity index (χ0n) is 64.9. The van der Waals surface area contributed by atoms with E-state index in [1.54, 1.807) is 0 Å². The molecule has 0 heterocycles. The summed E-state index contributed by atoms with van der Waals surface area (Å²) in [5, 5.41) is 10.6. The van der Waals surface area contributed by atoms with Crippen LogP contribution in [0.3, 0.4) is 0 Å². The second-order valence-corrected chi connectivity index (χ2v) is 29.2. The molecule has 0 aliphatic carbocycles. The molecule has 0 saturated carbocycles. The molecule has 0 aliphatic heterocycles. The Bertz CT molecular complexity index is 2540. The van der Waals surface area contributed by atoms with Crippen molar-refractivity contribution in [2.75, 3.05) is 39.6 Å². The van der Waals surface area contributed by atoms with Gasteiger partial charge in [-0.3, -0.25) is 37.3 Å². The zero-order valence-corrected chi connectivity index (χ0v) is 66.7. The van der Waals surface area contributed by atoms with Crippen LogP contribution >= 0.6 is 15.6 Å². The fourth-order valence-electron chi connectivity index (χ4n) is 10.1. The van der Waals surface area contributed by atoms with Gasteiger partial charge in [-0.05, 0) is 161 Å². The Balaban J connectivity index is 5.50. The minimum absolute atomic E-state index is 0.0107. The van der Waals surface area contributed by atoms with E-state index in [0.717, 1.165) is 135 Å². The van der Waals surface area contributed by atoms with Gasteiger partial charge in [0.2, 0.25) is 0 Å². The van der Waals surface area contributed by atoms with E-state index in [9.17, 15) is 43.2 Å². The molecule has 2 unspecified atom stereocenters. The van der Waals surface area contributed by atoms with E-state index in [1.165, 1.54) is 83.5 Å². The maximum Gasteiger partial charge on any atom is 0.472 e. The van der Waals surface area contributed by atoms with Gasteiger partial charge in [0.1, 0.15) is 19.3 Å². The SMILES string of the molecule is CCCCC/C=C\C/C=C\C/C=C\C/C=C\CCCC(=O)OC[C@H](COP(=O)(O)OC[C@H](O)COP(=O)(O)OC[C@@H](COC(=O)CCCCCCC/C=C\C/C=C\CCCCC)OC(=O)CCC/C=C\C/C=C\C/C=C\C/C=C\CCCCC)OC(=O)CCCCCCC/C=C\C=C/CCCCCC. The lowest BCUT2D eigenvalue weighted by atomic mass is 10.1. The first-order valence-electron chi connectivity index (χ1n) is 40.1. The first-order valence-corrected chi connectivity index (χ1v) is 43.1. The van der Waals surface area contributed by atoms with Gasteiger partial charge in [0, 0.05) is 25.7 Å². The van der Waals surface area contributed by atoms with Crippen molar-refractivity contribution in [2.24, 2.45) is 0 Å². The summed E-state index contributed by atoms with van der Waals surface area (Å²) >= 11 is 0. The molecule has 0 bridgehead atoms. The lowest BCUT2D eigenvalue weighted by Gasteiger charge is -2.21. The summed E-state index contributed by atoms with van der Waals surface area (Å²) in [5.41, 5.74) is 0. The van der Waals surface area contributed by atoms with Gasteiger partial charge in [-0.15, -0.1) is 0 Å². The van der Waals surface area contributed by atoms with E-state index >= 15 is 0 Å². The number of rotatable bonds is 74. The number of carbonyl (C=O) groups excluding carboxylic acids is 4. The standard InChI is InChI=1S/C85H142O17P2/c1-5-9-13-17-21-25-29-33-37-39-43-46-50-54-58-62-66-70-83(88)96-76-80(101-84(89)71-67-63-59-55-51-47-42-36-32-28-24-20-16-12-8-4)77-99-103(91,92)97-73-79(86)74-98-104(93,94)100-78-81(75-95-82(87)69-65-61-57-53-49-45-41-35-31-27-23-19-15-11-7-3)102-85(90)72-68-64-60-56-52-48-44-40-38-34-30-26-22-18-14-10-6-2/h21-23,25-28,32-38,41-44,46,48,54,56,58,60,79-81,86H,5-20,24,29-31,39-40,45,47,49-53,55,57,59,61-78H2,1-4H3,(H,91,92)(H,93,94)/b25-21-,26-22-,27-23-,32-28-,37-33-,38-34-,41-35-,42-36-,46-43-,48-44-,58-54-,60-56-/t79-,80+,81+/m0/s1. The van der Waals surface area contributed by atoms with Crippen LogP contribution in [0.5, 0.6) is 0 Å². The van der Waals surface area contributed by atoms with Gasteiger partial charge >= 0.3 is 39.5 Å². The molecule has 0 aliphatic rings. The van der Waals surface area contributed by atoms with Gasteiger partial charge in [-0.2, -0.15) is 0 Å². The summed E-state index contributed by atoms with van der Waals surface area (Å²) in [6.45, 7) is 4.61. The van der Waals surface area contributed by atoms with Crippen LogP contribution in [0.2, 0.25) is 0 Å².